The second-order valence-corrected chi connectivity index (χ2v) is 4.42. The van der Waals surface area contributed by atoms with Gasteiger partial charge in [0.1, 0.15) is 5.75 Å². The molecule has 0 N–H and O–H groups in total. The summed E-state index contributed by atoms with van der Waals surface area (Å²) in [6.45, 7) is 2.24. The van der Waals surface area contributed by atoms with Crippen molar-refractivity contribution in [1.82, 2.24) is 0 Å². The zero-order valence-electron chi connectivity index (χ0n) is 5.91. The molecule has 0 rings (SSSR count). The maximum absolute atomic E-state index is 2.30. The van der Waals surface area contributed by atoms with E-state index in [2.05, 4.69) is 19.4 Å². The Morgan fingerprint density at radius 1 is 1.25 bits per heavy atom. The van der Waals surface area contributed by atoms with Crippen LogP contribution in [0.5, 0.6) is 0 Å². The van der Waals surface area contributed by atoms with Gasteiger partial charge < -0.3 is 12.4 Å². The molecule has 2 heteroatoms. The Labute approximate surface area is 61.8 Å². The van der Waals surface area contributed by atoms with E-state index in [0.717, 1.165) is 0 Å². The van der Waals surface area contributed by atoms with E-state index in [-0.39, 0.29) is 12.4 Å². The van der Waals surface area contributed by atoms with Crippen molar-refractivity contribution in [2.24, 2.45) is 0 Å². The molecule has 0 saturated heterocycles. The van der Waals surface area contributed by atoms with Crippen molar-refractivity contribution in [2.75, 3.05) is 18.3 Å². The molecule has 0 saturated carbocycles. The van der Waals surface area contributed by atoms with Crippen molar-refractivity contribution in [1.29, 1.82) is 0 Å². The summed E-state index contributed by atoms with van der Waals surface area (Å²) < 4.78 is 0. The Hall–Kier alpha value is 0.640. The minimum absolute atomic E-state index is 0. The van der Waals surface area contributed by atoms with Gasteiger partial charge in [-0.25, -0.2) is 0 Å². The van der Waals surface area contributed by atoms with E-state index in [1.165, 1.54) is 18.6 Å². The second kappa shape index (κ2) is 7.64. The highest BCUT2D eigenvalue weighted by molar-refractivity contribution is 7.95. The Kier molecular flexibility index (Phi) is 10.9. The smallest absolute Gasteiger partial charge is 0.107 e. The van der Waals surface area contributed by atoms with Gasteiger partial charge in [0.15, 0.2) is 0 Å². The van der Waals surface area contributed by atoms with Gasteiger partial charge in [-0.15, -0.1) is 0 Å². The molecule has 0 spiro atoms. The van der Waals surface area contributed by atoms with Gasteiger partial charge in [-0.3, -0.25) is 0 Å². The van der Waals surface area contributed by atoms with E-state index >= 15 is 0 Å². The lowest BCUT2D eigenvalue weighted by Crippen LogP contribution is -3.00. The number of rotatable bonds is 3. The summed E-state index contributed by atoms with van der Waals surface area (Å²) in [6.07, 6.45) is 7.37. The first-order chi connectivity index (χ1) is 3.27. The average molecular weight is 155 g/mol. The molecule has 0 unspecified atom stereocenters. The van der Waals surface area contributed by atoms with Gasteiger partial charge >= 0.3 is 0 Å². The third-order valence-electron chi connectivity index (χ3n) is 0.906. The van der Waals surface area contributed by atoms with Gasteiger partial charge in [0.25, 0.3) is 0 Å². The van der Waals surface area contributed by atoms with Crippen molar-refractivity contribution in [3.8, 4) is 0 Å². The predicted molar refractivity (Wildman–Crippen MR) is 39.0 cm³/mol. The lowest BCUT2D eigenvalue weighted by molar-refractivity contribution is -0.00000173. The molecule has 0 heterocycles. The number of unbranched alkanes of at least 4 members (excludes halogenated alkanes) is 1. The van der Waals surface area contributed by atoms with E-state index < -0.39 is 0 Å². The van der Waals surface area contributed by atoms with Crippen molar-refractivity contribution in [3.05, 3.63) is 0 Å². The van der Waals surface area contributed by atoms with Gasteiger partial charge in [-0.1, -0.05) is 13.3 Å². The van der Waals surface area contributed by atoms with E-state index in [1.807, 2.05) is 0 Å². The number of hydrogen-bond acceptors (Lipinski definition) is 0. The highest BCUT2D eigenvalue weighted by Gasteiger charge is 1.97. The van der Waals surface area contributed by atoms with E-state index in [9.17, 15) is 0 Å². The fourth-order valence-corrected chi connectivity index (χ4v) is 1.30. The molecule has 0 aromatic heterocycles. The Bertz CT molecular complexity index is 37.5. The lowest BCUT2D eigenvalue weighted by Gasteiger charge is -1.90. The van der Waals surface area contributed by atoms with Crippen molar-refractivity contribution < 1.29 is 12.4 Å². The Morgan fingerprint density at radius 2 is 1.75 bits per heavy atom. The molecule has 0 aliphatic rings. The first kappa shape index (κ1) is 11.4. The fraction of sp³-hybridized carbons (Fsp3) is 1.00. The maximum atomic E-state index is 2.30. The van der Waals surface area contributed by atoms with Gasteiger partial charge in [-0.2, -0.15) is 0 Å². The summed E-state index contributed by atoms with van der Waals surface area (Å²) in [4.78, 5) is 0. The first-order valence-corrected chi connectivity index (χ1v) is 5.02. The Morgan fingerprint density at radius 3 is 1.88 bits per heavy atom. The predicted octanol–water partition coefficient (Wildman–Crippen LogP) is -1.33. The molecule has 8 heavy (non-hydrogen) atoms. The summed E-state index contributed by atoms with van der Waals surface area (Å²) in [7, 11) is 0.685. The summed E-state index contributed by atoms with van der Waals surface area (Å²) in [6, 6.07) is 0. The quantitative estimate of drug-likeness (QED) is 0.442. The summed E-state index contributed by atoms with van der Waals surface area (Å²) in [5.74, 6) is 1.43. The van der Waals surface area contributed by atoms with Crippen LogP contribution in [0.25, 0.3) is 0 Å². The third-order valence-corrected chi connectivity index (χ3v) is 2.01. The van der Waals surface area contributed by atoms with Crippen LogP contribution in [0.2, 0.25) is 0 Å². The van der Waals surface area contributed by atoms with Crippen LogP contribution in [0.15, 0.2) is 0 Å². The summed E-state index contributed by atoms with van der Waals surface area (Å²) in [5, 5.41) is 0. The Balaban J connectivity index is 0. The molecule has 52 valence electrons. The molecule has 0 atom stereocenters. The molecule has 0 aromatic rings. The van der Waals surface area contributed by atoms with E-state index in [0.29, 0.717) is 10.9 Å². The fourth-order valence-electron chi connectivity index (χ4n) is 0.433. The zero-order valence-corrected chi connectivity index (χ0v) is 7.48. The molecule has 0 aromatic carbocycles. The monoisotopic (exact) mass is 154 g/mol. The van der Waals surface area contributed by atoms with Crippen molar-refractivity contribution in [3.63, 3.8) is 0 Å². The van der Waals surface area contributed by atoms with Crippen LogP contribution >= 0.6 is 0 Å². The summed E-state index contributed by atoms with van der Waals surface area (Å²) in [5.41, 5.74) is 0. The minimum Gasteiger partial charge on any atom is -1.00 e. The topological polar surface area (TPSA) is 0 Å². The third kappa shape index (κ3) is 9.81. The molecule has 0 bridgehead atoms. The highest BCUT2D eigenvalue weighted by Crippen LogP contribution is 1.91. The SMILES string of the molecule is CCCC[S+](C)C.[Cl-]. The number of hydrogen-bond donors (Lipinski definition) is 0. The van der Waals surface area contributed by atoms with Crippen LogP contribution in [-0.4, -0.2) is 18.3 Å². The second-order valence-electron chi connectivity index (χ2n) is 2.04. The molecule has 0 fully saturated rings. The molecule has 0 nitrogen and oxygen atoms in total. The molecule has 0 radical (unpaired) electrons. The maximum Gasteiger partial charge on any atom is 0.107 e. The van der Waals surface area contributed by atoms with E-state index in [4.69, 9.17) is 0 Å². The minimum atomic E-state index is 0. The van der Waals surface area contributed by atoms with Crippen LogP contribution in [0.4, 0.5) is 0 Å². The van der Waals surface area contributed by atoms with Crippen LogP contribution in [0.1, 0.15) is 19.8 Å². The first-order valence-electron chi connectivity index (χ1n) is 2.81. The largest absolute Gasteiger partial charge is 1.00 e. The molecular formula is C6H15ClS. The van der Waals surface area contributed by atoms with Crippen LogP contribution < -0.4 is 12.4 Å². The number of halogens is 1. The average Bonchev–Trinajstić information content (AvgIpc) is 1.61. The van der Waals surface area contributed by atoms with Gasteiger partial charge in [-0.05, 0) is 17.3 Å². The van der Waals surface area contributed by atoms with Crippen molar-refractivity contribution in [2.45, 2.75) is 19.8 Å². The van der Waals surface area contributed by atoms with Gasteiger partial charge in [0, 0.05) is 0 Å². The van der Waals surface area contributed by atoms with Crippen LogP contribution in [0, 0.1) is 0 Å². The zero-order chi connectivity index (χ0) is 5.70. The summed E-state index contributed by atoms with van der Waals surface area (Å²) >= 11 is 0. The van der Waals surface area contributed by atoms with Crippen molar-refractivity contribution >= 4 is 10.9 Å². The molecule has 0 aliphatic heterocycles. The normalized spacial score (nSPS) is 9.00. The highest BCUT2D eigenvalue weighted by atomic mass is 35.5. The standard InChI is InChI=1S/C6H15S.ClH/c1-4-5-6-7(2)3;/h4-6H2,1-3H3;1H/q+1;/p-1. The van der Waals surface area contributed by atoms with Crippen LogP contribution in [-0.2, 0) is 10.9 Å². The lowest BCUT2D eigenvalue weighted by atomic mass is 10.4. The van der Waals surface area contributed by atoms with Gasteiger partial charge in [0.2, 0.25) is 0 Å². The molecule has 0 amide bonds. The molecular weight excluding hydrogens is 140 g/mol. The van der Waals surface area contributed by atoms with Crippen LogP contribution in [0.3, 0.4) is 0 Å². The van der Waals surface area contributed by atoms with Gasteiger partial charge in [0.05, 0.1) is 12.5 Å². The molecule has 0 aliphatic carbocycles. The van der Waals surface area contributed by atoms with E-state index in [1.54, 1.807) is 0 Å².